The Labute approximate surface area is 148 Å². The van der Waals surface area contributed by atoms with Crippen molar-refractivity contribution >= 4 is 17.6 Å². The zero-order chi connectivity index (χ0) is 17.8. The van der Waals surface area contributed by atoms with Crippen LogP contribution < -0.4 is 4.74 Å². The average Bonchev–Trinajstić information content (AvgIpc) is 3.09. The van der Waals surface area contributed by atoms with Crippen LogP contribution in [-0.2, 0) is 11.3 Å². The van der Waals surface area contributed by atoms with Gasteiger partial charge in [-0.1, -0.05) is 17.7 Å². The van der Waals surface area contributed by atoms with E-state index in [9.17, 15) is 9.90 Å². The second-order valence-corrected chi connectivity index (χ2v) is 5.49. The number of hydrogen-bond acceptors (Lipinski definition) is 6. The molecule has 0 aliphatic heterocycles. The van der Waals surface area contributed by atoms with Crippen molar-refractivity contribution in [3.63, 3.8) is 0 Å². The molecular weight excluding hydrogens is 346 g/mol. The van der Waals surface area contributed by atoms with Crippen LogP contribution in [0.1, 0.15) is 16.2 Å². The number of aromatic nitrogens is 1. The molecule has 1 aromatic heterocycles. The van der Waals surface area contributed by atoms with E-state index in [2.05, 4.69) is 4.98 Å². The van der Waals surface area contributed by atoms with E-state index in [4.69, 9.17) is 25.5 Å². The van der Waals surface area contributed by atoms with Gasteiger partial charge in [0.2, 0.25) is 5.89 Å². The standard InChI is InChI=1S/C18H14ClNO5/c1-23-14-4-2-3-13(17(14)21)18(22)24-10-16-20-9-15(25-16)11-5-7-12(19)8-6-11/h2-9,21H,10H2,1H3. The highest BCUT2D eigenvalue weighted by Crippen LogP contribution is 2.30. The summed E-state index contributed by atoms with van der Waals surface area (Å²) in [5.41, 5.74) is 0.809. The summed E-state index contributed by atoms with van der Waals surface area (Å²) < 4.78 is 15.6. The number of carbonyl (C=O) groups excluding carboxylic acids is 1. The number of phenolic OH excluding ortho intramolecular Hbond substituents is 1. The van der Waals surface area contributed by atoms with E-state index in [0.717, 1.165) is 5.56 Å². The van der Waals surface area contributed by atoms with Gasteiger partial charge in [0.05, 0.1) is 13.3 Å². The van der Waals surface area contributed by atoms with Crippen molar-refractivity contribution in [2.24, 2.45) is 0 Å². The lowest BCUT2D eigenvalue weighted by Crippen LogP contribution is -2.06. The number of carbonyl (C=O) groups is 1. The highest BCUT2D eigenvalue weighted by Gasteiger charge is 2.17. The molecule has 0 unspecified atom stereocenters. The summed E-state index contributed by atoms with van der Waals surface area (Å²) in [6.07, 6.45) is 1.54. The van der Waals surface area contributed by atoms with Gasteiger partial charge < -0.3 is 19.0 Å². The maximum Gasteiger partial charge on any atom is 0.342 e. The summed E-state index contributed by atoms with van der Waals surface area (Å²) in [6, 6.07) is 11.6. The minimum atomic E-state index is -0.706. The molecular formula is C18H14ClNO5. The molecule has 2 aromatic carbocycles. The number of halogens is 1. The van der Waals surface area contributed by atoms with Crippen LogP contribution in [0.3, 0.4) is 0 Å². The first-order valence-electron chi connectivity index (χ1n) is 7.32. The van der Waals surface area contributed by atoms with E-state index in [1.807, 2.05) is 0 Å². The third-order valence-corrected chi connectivity index (χ3v) is 3.70. The van der Waals surface area contributed by atoms with Gasteiger partial charge in [-0.2, -0.15) is 0 Å². The molecule has 0 aliphatic rings. The SMILES string of the molecule is COc1cccc(C(=O)OCc2ncc(-c3ccc(Cl)cc3)o2)c1O. The monoisotopic (exact) mass is 359 g/mol. The average molecular weight is 360 g/mol. The highest BCUT2D eigenvalue weighted by atomic mass is 35.5. The van der Waals surface area contributed by atoms with E-state index in [0.29, 0.717) is 10.8 Å². The molecule has 3 rings (SSSR count). The largest absolute Gasteiger partial charge is 0.504 e. The predicted octanol–water partition coefficient (Wildman–Crippen LogP) is 4.07. The molecule has 6 nitrogen and oxygen atoms in total. The van der Waals surface area contributed by atoms with Gasteiger partial charge in [-0.25, -0.2) is 9.78 Å². The maximum absolute atomic E-state index is 12.1. The van der Waals surface area contributed by atoms with Crippen LogP contribution in [0, 0.1) is 0 Å². The highest BCUT2D eigenvalue weighted by molar-refractivity contribution is 6.30. The van der Waals surface area contributed by atoms with Gasteiger partial charge in [0, 0.05) is 10.6 Å². The summed E-state index contributed by atoms with van der Waals surface area (Å²) in [5, 5.41) is 10.6. The molecule has 128 valence electrons. The van der Waals surface area contributed by atoms with E-state index >= 15 is 0 Å². The quantitative estimate of drug-likeness (QED) is 0.691. The fourth-order valence-corrected chi connectivity index (χ4v) is 2.31. The number of para-hydroxylation sites is 1. The third-order valence-electron chi connectivity index (χ3n) is 3.45. The summed E-state index contributed by atoms with van der Waals surface area (Å²) in [7, 11) is 1.40. The number of esters is 1. The Hall–Kier alpha value is -2.99. The Kier molecular flexibility index (Phi) is 4.90. The molecule has 25 heavy (non-hydrogen) atoms. The van der Waals surface area contributed by atoms with Gasteiger partial charge >= 0.3 is 5.97 Å². The molecule has 0 radical (unpaired) electrons. The minimum absolute atomic E-state index is 0.00355. The molecule has 3 aromatic rings. The lowest BCUT2D eigenvalue weighted by molar-refractivity contribution is 0.0435. The van der Waals surface area contributed by atoms with Crippen LogP contribution in [-0.4, -0.2) is 23.2 Å². The summed E-state index contributed by atoms with van der Waals surface area (Å²) in [5.74, 6) is -0.0184. The van der Waals surface area contributed by atoms with Gasteiger partial charge in [-0.15, -0.1) is 0 Å². The van der Waals surface area contributed by atoms with Crippen LogP contribution in [0.25, 0.3) is 11.3 Å². The van der Waals surface area contributed by atoms with Gasteiger partial charge in [0.1, 0.15) is 5.56 Å². The Bertz CT molecular complexity index is 889. The fraction of sp³-hybridized carbons (Fsp3) is 0.111. The number of aromatic hydroxyl groups is 1. The number of oxazole rings is 1. The first-order valence-corrected chi connectivity index (χ1v) is 7.70. The molecule has 0 aliphatic carbocycles. The predicted molar refractivity (Wildman–Crippen MR) is 90.7 cm³/mol. The summed E-state index contributed by atoms with van der Waals surface area (Å²) in [4.78, 5) is 16.2. The zero-order valence-electron chi connectivity index (χ0n) is 13.2. The van der Waals surface area contributed by atoms with Crippen LogP contribution in [0.15, 0.2) is 53.1 Å². The summed E-state index contributed by atoms with van der Waals surface area (Å²) >= 11 is 5.85. The lowest BCUT2D eigenvalue weighted by atomic mass is 10.2. The molecule has 0 bridgehead atoms. The number of nitrogens with zero attached hydrogens (tertiary/aromatic N) is 1. The van der Waals surface area contributed by atoms with E-state index < -0.39 is 5.97 Å². The second-order valence-electron chi connectivity index (χ2n) is 5.06. The number of phenols is 1. The van der Waals surface area contributed by atoms with Crippen molar-refractivity contribution in [2.75, 3.05) is 7.11 Å². The second kappa shape index (κ2) is 7.27. The third kappa shape index (κ3) is 3.75. The lowest BCUT2D eigenvalue weighted by Gasteiger charge is -2.07. The topological polar surface area (TPSA) is 81.8 Å². The molecule has 0 saturated heterocycles. The number of benzene rings is 2. The van der Waals surface area contributed by atoms with Crippen molar-refractivity contribution in [3.8, 4) is 22.8 Å². The van der Waals surface area contributed by atoms with Crippen molar-refractivity contribution in [2.45, 2.75) is 6.61 Å². The Morgan fingerprint density at radius 2 is 2.00 bits per heavy atom. The molecule has 1 heterocycles. The van der Waals surface area contributed by atoms with Crippen LogP contribution in [0.5, 0.6) is 11.5 Å². The molecule has 7 heteroatoms. The van der Waals surface area contributed by atoms with E-state index in [1.165, 1.54) is 19.4 Å². The first-order chi connectivity index (χ1) is 12.1. The van der Waals surface area contributed by atoms with Crippen LogP contribution >= 0.6 is 11.6 Å². The molecule has 0 saturated carbocycles. The smallest absolute Gasteiger partial charge is 0.342 e. The van der Waals surface area contributed by atoms with E-state index in [-0.39, 0.29) is 29.6 Å². The Morgan fingerprint density at radius 3 is 2.72 bits per heavy atom. The molecule has 0 amide bonds. The van der Waals surface area contributed by atoms with Gasteiger partial charge in [-0.05, 0) is 36.4 Å². The molecule has 1 N–H and O–H groups in total. The molecule has 0 spiro atoms. The van der Waals surface area contributed by atoms with Crippen molar-refractivity contribution in [1.29, 1.82) is 0 Å². The van der Waals surface area contributed by atoms with E-state index in [1.54, 1.807) is 36.4 Å². The summed E-state index contributed by atoms with van der Waals surface area (Å²) in [6.45, 7) is -0.164. The number of hydrogen-bond donors (Lipinski definition) is 1. The number of ether oxygens (including phenoxy) is 2. The normalized spacial score (nSPS) is 10.5. The first kappa shape index (κ1) is 16.9. The minimum Gasteiger partial charge on any atom is -0.504 e. The maximum atomic E-state index is 12.1. The van der Waals surface area contributed by atoms with Crippen molar-refractivity contribution in [1.82, 2.24) is 4.98 Å². The number of rotatable bonds is 5. The van der Waals surface area contributed by atoms with Crippen molar-refractivity contribution < 1.29 is 23.8 Å². The number of methoxy groups -OCH3 is 1. The van der Waals surface area contributed by atoms with Gasteiger partial charge in [0.25, 0.3) is 0 Å². The van der Waals surface area contributed by atoms with Crippen LogP contribution in [0.2, 0.25) is 5.02 Å². The van der Waals surface area contributed by atoms with Crippen molar-refractivity contribution in [3.05, 3.63) is 65.1 Å². The fourth-order valence-electron chi connectivity index (χ4n) is 2.18. The Morgan fingerprint density at radius 1 is 1.24 bits per heavy atom. The van der Waals surface area contributed by atoms with Gasteiger partial charge in [0.15, 0.2) is 23.9 Å². The zero-order valence-corrected chi connectivity index (χ0v) is 14.0. The molecule has 0 fully saturated rings. The Balaban J connectivity index is 1.68. The van der Waals surface area contributed by atoms with Crippen LogP contribution in [0.4, 0.5) is 0 Å². The van der Waals surface area contributed by atoms with Gasteiger partial charge in [-0.3, -0.25) is 0 Å². The molecule has 0 atom stereocenters.